The summed E-state index contributed by atoms with van der Waals surface area (Å²) in [6.45, 7) is 0.529. The van der Waals surface area contributed by atoms with Gasteiger partial charge in [0.05, 0.1) is 10.6 Å². The first-order valence-corrected chi connectivity index (χ1v) is 11.3. The number of thioether (sulfide) groups is 1. The molecule has 0 aliphatic carbocycles. The summed E-state index contributed by atoms with van der Waals surface area (Å²) in [4.78, 5) is 13.4. The molecule has 0 aromatic heterocycles. The van der Waals surface area contributed by atoms with E-state index in [9.17, 15) is 17.6 Å². The zero-order valence-corrected chi connectivity index (χ0v) is 16.5. The van der Waals surface area contributed by atoms with E-state index in [1.165, 1.54) is 28.2 Å². The van der Waals surface area contributed by atoms with Crippen molar-refractivity contribution in [1.29, 1.82) is 0 Å². The number of rotatable bonds is 5. The number of piperidine rings is 1. The fourth-order valence-electron chi connectivity index (χ4n) is 3.13. The van der Waals surface area contributed by atoms with Gasteiger partial charge in [0.25, 0.3) is 0 Å². The van der Waals surface area contributed by atoms with Crippen LogP contribution in [0.25, 0.3) is 0 Å². The summed E-state index contributed by atoms with van der Waals surface area (Å²) in [6, 6.07) is 12.9. The molecule has 5 nitrogen and oxygen atoms in total. The zero-order valence-electron chi connectivity index (χ0n) is 14.9. The summed E-state index contributed by atoms with van der Waals surface area (Å²) in [6.07, 6.45) is 2.65. The standard InChI is InChI=1S/C19H21FN2O3S2/c1-26-17-8-4-5-9-18(17)27(24,25)22-12-10-14(11-13-22)19(23)21-16-7-3-2-6-15(16)20/h2-9,14H,10-13H2,1H3,(H,21,23). The first-order chi connectivity index (χ1) is 12.9. The number of para-hydroxylation sites is 1. The van der Waals surface area contributed by atoms with Crippen LogP contribution in [0.1, 0.15) is 12.8 Å². The Bertz CT molecular complexity index is 926. The van der Waals surface area contributed by atoms with Gasteiger partial charge in [-0.15, -0.1) is 11.8 Å². The third-order valence-corrected chi connectivity index (χ3v) is 7.53. The number of hydrogen-bond donors (Lipinski definition) is 1. The van der Waals surface area contributed by atoms with E-state index in [0.717, 1.165) is 0 Å². The number of amides is 1. The average Bonchev–Trinajstić information content (AvgIpc) is 2.69. The Morgan fingerprint density at radius 2 is 1.74 bits per heavy atom. The summed E-state index contributed by atoms with van der Waals surface area (Å²) in [5.41, 5.74) is 0.145. The molecule has 3 rings (SSSR count). The lowest BCUT2D eigenvalue weighted by Crippen LogP contribution is -2.41. The van der Waals surface area contributed by atoms with Gasteiger partial charge in [0, 0.05) is 23.9 Å². The van der Waals surface area contributed by atoms with Gasteiger partial charge >= 0.3 is 0 Å². The number of carbonyl (C=O) groups is 1. The lowest BCUT2D eigenvalue weighted by atomic mass is 9.97. The van der Waals surface area contributed by atoms with Gasteiger partial charge in [0.15, 0.2) is 0 Å². The van der Waals surface area contributed by atoms with Gasteiger partial charge in [-0.1, -0.05) is 24.3 Å². The van der Waals surface area contributed by atoms with E-state index < -0.39 is 15.8 Å². The second-order valence-corrected chi connectivity index (χ2v) is 9.05. The summed E-state index contributed by atoms with van der Waals surface area (Å²) in [5, 5.41) is 2.60. The Morgan fingerprint density at radius 3 is 2.41 bits per heavy atom. The van der Waals surface area contributed by atoms with Gasteiger partial charge < -0.3 is 5.32 Å². The van der Waals surface area contributed by atoms with Crippen molar-refractivity contribution >= 4 is 33.4 Å². The number of nitrogens with one attached hydrogen (secondary N) is 1. The highest BCUT2D eigenvalue weighted by molar-refractivity contribution is 7.99. The van der Waals surface area contributed by atoms with Crippen LogP contribution in [0, 0.1) is 11.7 Å². The van der Waals surface area contributed by atoms with Crippen LogP contribution in [0.15, 0.2) is 58.3 Å². The molecule has 1 N–H and O–H groups in total. The number of nitrogens with zero attached hydrogens (tertiary/aromatic N) is 1. The molecule has 2 aromatic carbocycles. The van der Waals surface area contributed by atoms with Crippen LogP contribution >= 0.6 is 11.8 Å². The van der Waals surface area contributed by atoms with Crippen molar-refractivity contribution < 1.29 is 17.6 Å². The summed E-state index contributed by atoms with van der Waals surface area (Å²) >= 11 is 1.39. The number of anilines is 1. The number of halogens is 1. The molecule has 1 aliphatic heterocycles. The summed E-state index contributed by atoms with van der Waals surface area (Å²) < 4.78 is 41.0. The Hall–Kier alpha value is -1.90. The van der Waals surface area contributed by atoms with Crippen molar-refractivity contribution in [2.24, 2.45) is 5.92 Å². The molecule has 0 spiro atoms. The van der Waals surface area contributed by atoms with Crippen LogP contribution in [0.4, 0.5) is 10.1 Å². The molecule has 1 saturated heterocycles. The Balaban J connectivity index is 1.66. The van der Waals surface area contributed by atoms with Crippen molar-refractivity contribution in [2.75, 3.05) is 24.7 Å². The van der Waals surface area contributed by atoms with Gasteiger partial charge in [0.2, 0.25) is 15.9 Å². The SMILES string of the molecule is CSc1ccccc1S(=O)(=O)N1CCC(C(=O)Nc2ccccc2F)CC1. The van der Waals surface area contributed by atoms with Crippen molar-refractivity contribution in [1.82, 2.24) is 4.31 Å². The molecule has 1 aliphatic rings. The van der Waals surface area contributed by atoms with Crippen molar-refractivity contribution in [3.05, 3.63) is 54.3 Å². The Morgan fingerprint density at radius 1 is 1.11 bits per heavy atom. The highest BCUT2D eigenvalue weighted by Gasteiger charge is 2.33. The molecule has 1 heterocycles. The van der Waals surface area contributed by atoms with E-state index in [1.54, 1.807) is 30.3 Å². The Kier molecular flexibility index (Phi) is 6.18. The number of hydrogen-bond acceptors (Lipinski definition) is 4. The fourth-order valence-corrected chi connectivity index (χ4v) is 5.72. The molecular weight excluding hydrogens is 387 g/mol. The molecule has 0 unspecified atom stereocenters. The maximum atomic E-state index is 13.7. The first kappa shape index (κ1) is 19.9. The molecule has 1 amide bonds. The quantitative estimate of drug-likeness (QED) is 0.768. The number of benzene rings is 2. The van der Waals surface area contributed by atoms with Crippen molar-refractivity contribution in [3.63, 3.8) is 0 Å². The van der Waals surface area contributed by atoms with E-state index in [0.29, 0.717) is 22.6 Å². The Labute approximate surface area is 163 Å². The van der Waals surface area contributed by atoms with E-state index in [-0.39, 0.29) is 30.6 Å². The summed E-state index contributed by atoms with van der Waals surface area (Å²) in [5.74, 6) is -1.10. The first-order valence-electron chi connectivity index (χ1n) is 8.62. The zero-order chi connectivity index (χ0) is 19.4. The van der Waals surface area contributed by atoms with Gasteiger partial charge in [0.1, 0.15) is 5.82 Å². The second kappa shape index (κ2) is 8.41. The fraction of sp³-hybridized carbons (Fsp3) is 0.316. The maximum Gasteiger partial charge on any atom is 0.244 e. The molecule has 2 aromatic rings. The molecular formula is C19H21FN2O3S2. The highest BCUT2D eigenvalue weighted by Crippen LogP contribution is 2.30. The molecule has 1 fully saturated rings. The van der Waals surface area contributed by atoms with Crippen LogP contribution in [-0.2, 0) is 14.8 Å². The van der Waals surface area contributed by atoms with Gasteiger partial charge in [-0.2, -0.15) is 4.31 Å². The topological polar surface area (TPSA) is 66.5 Å². The summed E-state index contributed by atoms with van der Waals surface area (Å²) in [7, 11) is -3.60. The molecule has 0 atom stereocenters. The molecule has 8 heteroatoms. The largest absolute Gasteiger partial charge is 0.323 e. The van der Waals surface area contributed by atoms with Crippen LogP contribution in [0.5, 0.6) is 0 Å². The molecule has 0 radical (unpaired) electrons. The van der Waals surface area contributed by atoms with E-state index in [4.69, 9.17) is 0 Å². The smallest absolute Gasteiger partial charge is 0.244 e. The lowest BCUT2D eigenvalue weighted by Gasteiger charge is -2.31. The van der Waals surface area contributed by atoms with Gasteiger partial charge in [-0.3, -0.25) is 4.79 Å². The van der Waals surface area contributed by atoms with Gasteiger partial charge in [-0.05, 0) is 43.4 Å². The minimum Gasteiger partial charge on any atom is -0.323 e. The van der Waals surface area contributed by atoms with Crippen LogP contribution in [0.2, 0.25) is 0 Å². The molecule has 0 saturated carbocycles. The normalized spacial score (nSPS) is 16.2. The highest BCUT2D eigenvalue weighted by atomic mass is 32.2. The molecule has 144 valence electrons. The second-order valence-electron chi connectivity index (χ2n) is 6.30. The van der Waals surface area contributed by atoms with Crippen LogP contribution in [0.3, 0.4) is 0 Å². The molecule has 27 heavy (non-hydrogen) atoms. The number of sulfonamides is 1. The average molecular weight is 409 g/mol. The third-order valence-electron chi connectivity index (χ3n) is 4.64. The minimum absolute atomic E-state index is 0.145. The number of carbonyl (C=O) groups excluding carboxylic acids is 1. The third kappa shape index (κ3) is 4.34. The van der Waals surface area contributed by atoms with E-state index in [1.807, 2.05) is 12.3 Å². The predicted molar refractivity (Wildman–Crippen MR) is 105 cm³/mol. The van der Waals surface area contributed by atoms with Crippen molar-refractivity contribution in [3.8, 4) is 0 Å². The maximum absolute atomic E-state index is 13.7. The minimum atomic E-state index is -3.60. The monoisotopic (exact) mass is 408 g/mol. The predicted octanol–water partition coefficient (Wildman–Crippen LogP) is 3.59. The molecule has 0 bridgehead atoms. The van der Waals surface area contributed by atoms with Gasteiger partial charge in [-0.25, -0.2) is 12.8 Å². The van der Waals surface area contributed by atoms with Crippen molar-refractivity contribution in [2.45, 2.75) is 22.6 Å². The van der Waals surface area contributed by atoms with E-state index >= 15 is 0 Å². The van der Waals surface area contributed by atoms with Crippen LogP contribution < -0.4 is 5.32 Å². The van der Waals surface area contributed by atoms with E-state index in [2.05, 4.69) is 5.32 Å². The lowest BCUT2D eigenvalue weighted by molar-refractivity contribution is -0.120. The van der Waals surface area contributed by atoms with Crippen LogP contribution in [-0.4, -0.2) is 38.0 Å².